The van der Waals surface area contributed by atoms with Gasteiger partial charge in [0.25, 0.3) is 0 Å². The van der Waals surface area contributed by atoms with Crippen molar-refractivity contribution in [1.29, 1.82) is 0 Å². The summed E-state index contributed by atoms with van der Waals surface area (Å²) in [4.78, 5) is 3.37. The highest BCUT2D eigenvalue weighted by molar-refractivity contribution is 7.78. The summed E-state index contributed by atoms with van der Waals surface area (Å²) in [6, 6.07) is 9.86. The summed E-state index contributed by atoms with van der Waals surface area (Å²) >= 11 is 4.34. The van der Waals surface area contributed by atoms with E-state index in [4.69, 9.17) is 0 Å². The molecule has 2 aromatic rings. The second-order valence-electron chi connectivity index (χ2n) is 3.86. The van der Waals surface area contributed by atoms with Crippen molar-refractivity contribution in [3.8, 4) is 11.1 Å². The number of isothiocyanates is 1. The second kappa shape index (κ2) is 5.17. The molecule has 90 valence electrons. The molecule has 0 unspecified atom stereocenters. The Bertz CT molecular complexity index is 606. The number of aryl methyl sites for hydroxylation is 1. The Morgan fingerprint density at radius 3 is 2.06 bits per heavy atom. The van der Waals surface area contributed by atoms with E-state index in [9.17, 15) is 8.78 Å². The predicted molar refractivity (Wildman–Crippen MR) is 71.2 cm³/mol. The van der Waals surface area contributed by atoms with E-state index in [2.05, 4.69) is 17.2 Å². The van der Waals surface area contributed by atoms with Crippen LogP contribution in [0.3, 0.4) is 0 Å². The average Bonchev–Trinajstić information content (AvgIpc) is 2.34. The lowest BCUT2D eigenvalue weighted by atomic mass is 10.0. The fourth-order valence-corrected chi connectivity index (χ4v) is 1.72. The number of hydrogen-bond acceptors (Lipinski definition) is 2. The molecule has 2 aromatic carbocycles. The van der Waals surface area contributed by atoms with Gasteiger partial charge in [0.2, 0.25) is 0 Å². The summed E-state index contributed by atoms with van der Waals surface area (Å²) in [6.45, 7) is 1.95. The highest BCUT2D eigenvalue weighted by Gasteiger charge is 2.11. The smallest absolute Gasteiger partial charge is 0.153 e. The zero-order valence-corrected chi connectivity index (χ0v) is 10.4. The van der Waals surface area contributed by atoms with Crippen molar-refractivity contribution >= 4 is 23.1 Å². The molecule has 0 N–H and O–H groups in total. The number of aliphatic imine (C=N–C) groups is 1. The van der Waals surface area contributed by atoms with Crippen LogP contribution < -0.4 is 0 Å². The van der Waals surface area contributed by atoms with Crippen molar-refractivity contribution in [2.75, 3.05) is 0 Å². The minimum absolute atomic E-state index is 0.402. The van der Waals surface area contributed by atoms with Gasteiger partial charge in [0.05, 0.1) is 5.16 Å². The van der Waals surface area contributed by atoms with Crippen LogP contribution in [0.4, 0.5) is 14.5 Å². The van der Waals surface area contributed by atoms with Gasteiger partial charge in [-0.1, -0.05) is 29.8 Å². The lowest BCUT2D eigenvalue weighted by Crippen LogP contribution is -1.87. The molecular formula is C14H9F2NS. The molecule has 0 spiro atoms. The van der Waals surface area contributed by atoms with Crippen LogP contribution in [0.25, 0.3) is 11.1 Å². The summed E-state index contributed by atoms with van der Waals surface area (Å²) in [5.74, 6) is -1.49. The van der Waals surface area contributed by atoms with Gasteiger partial charge >= 0.3 is 0 Å². The summed E-state index contributed by atoms with van der Waals surface area (Å²) in [5, 5.41) is 1.96. The fourth-order valence-electron chi connectivity index (χ4n) is 1.63. The number of rotatable bonds is 2. The van der Waals surface area contributed by atoms with Gasteiger partial charge in [0, 0.05) is 0 Å². The summed E-state index contributed by atoms with van der Waals surface area (Å²) in [5.41, 5.74) is 1.90. The lowest BCUT2D eigenvalue weighted by molar-refractivity contribution is 0.588. The molecule has 0 aromatic heterocycles. The van der Waals surface area contributed by atoms with E-state index in [0.717, 1.165) is 11.1 Å². The Morgan fingerprint density at radius 2 is 1.56 bits per heavy atom. The minimum Gasteiger partial charge on any atom is -0.204 e. The third kappa shape index (κ3) is 2.50. The Kier molecular flexibility index (Phi) is 3.60. The monoisotopic (exact) mass is 261 g/mol. The van der Waals surface area contributed by atoms with Crippen LogP contribution in [-0.4, -0.2) is 5.16 Å². The number of hydrogen-bond donors (Lipinski definition) is 0. The third-order valence-electron chi connectivity index (χ3n) is 2.56. The molecule has 0 aliphatic rings. The highest BCUT2D eigenvalue weighted by Crippen LogP contribution is 2.29. The first-order valence-corrected chi connectivity index (χ1v) is 5.66. The van der Waals surface area contributed by atoms with Gasteiger partial charge in [-0.3, -0.25) is 0 Å². The van der Waals surface area contributed by atoms with Crippen molar-refractivity contribution in [3.05, 3.63) is 53.6 Å². The maximum atomic E-state index is 13.6. The van der Waals surface area contributed by atoms with Crippen molar-refractivity contribution in [2.45, 2.75) is 6.92 Å². The van der Waals surface area contributed by atoms with E-state index < -0.39 is 17.3 Å². The van der Waals surface area contributed by atoms with Crippen LogP contribution in [0.2, 0.25) is 0 Å². The van der Waals surface area contributed by atoms with Crippen molar-refractivity contribution in [3.63, 3.8) is 0 Å². The number of nitrogens with zero attached hydrogens (tertiary/aromatic N) is 1. The predicted octanol–water partition coefficient (Wildman–Crippen LogP) is 4.67. The highest BCUT2D eigenvalue weighted by atomic mass is 32.1. The molecule has 4 heteroatoms. The van der Waals surface area contributed by atoms with Gasteiger partial charge < -0.3 is 0 Å². The Balaban J connectivity index is 2.54. The normalized spacial score (nSPS) is 9.94. The topological polar surface area (TPSA) is 12.4 Å². The molecular weight excluding hydrogens is 252 g/mol. The van der Waals surface area contributed by atoms with Crippen molar-refractivity contribution < 1.29 is 8.78 Å². The molecule has 0 saturated heterocycles. The second-order valence-corrected chi connectivity index (χ2v) is 4.04. The van der Waals surface area contributed by atoms with E-state index >= 15 is 0 Å². The first-order chi connectivity index (χ1) is 8.61. The Labute approximate surface area is 109 Å². The van der Waals surface area contributed by atoms with E-state index in [1.165, 1.54) is 12.1 Å². The number of thiocarbonyl (C=S) groups is 1. The number of halogens is 2. The molecule has 0 aliphatic heterocycles. The molecule has 1 nitrogen and oxygen atoms in total. The van der Waals surface area contributed by atoms with Gasteiger partial charge in [-0.15, -0.1) is 0 Å². The molecule has 0 heterocycles. The van der Waals surface area contributed by atoms with Crippen LogP contribution in [-0.2, 0) is 0 Å². The van der Waals surface area contributed by atoms with E-state index in [0.29, 0.717) is 5.56 Å². The van der Waals surface area contributed by atoms with Crippen LogP contribution >= 0.6 is 12.2 Å². The average molecular weight is 261 g/mol. The van der Waals surface area contributed by atoms with E-state index in [1.54, 1.807) is 0 Å². The Hall–Kier alpha value is -1.90. The number of benzene rings is 2. The van der Waals surface area contributed by atoms with Gasteiger partial charge in [0.15, 0.2) is 11.6 Å². The Morgan fingerprint density at radius 1 is 1.00 bits per heavy atom. The molecule has 0 saturated carbocycles. The van der Waals surface area contributed by atoms with Crippen LogP contribution in [0.15, 0.2) is 41.4 Å². The molecule has 18 heavy (non-hydrogen) atoms. The quantitative estimate of drug-likeness (QED) is 0.565. The standard InChI is InChI=1S/C14H9F2NS/c1-9-2-4-10(5-3-9)11-6-12(15)14(17-8-18)13(16)7-11/h2-7H,1H3. The van der Waals surface area contributed by atoms with Crippen LogP contribution in [0.1, 0.15) is 5.56 Å². The molecule has 0 radical (unpaired) electrons. The van der Waals surface area contributed by atoms with Gasteiger partial charge in [-0.2, -0.15) is 4.99 Å². The molecule has 0 atom stereocenters. The van der Waals surface area contributed by atoms with Gasteiger partial charge in [0.1, 0.15) is 5.69 Å². The molecule has 2 rings (SSSR count). The van der Waals surface area contributed by atoms with Crippen LogP contribution in [0.5, 0.6) is 0 Å². The molecule has 0 bridgehead atoms. The fraction of sp³-hybridized carbons (Fsp3) is 0.0714. The zero-order valence-electron chi connectivity index (χ0n) is 9.58. The SMILES string of the molecule is Cc1ccc(-c2cc(F)c(N=C=S)c(F)c2)cc1. The lowest BCUT2D eigenvalue weighted by Gasteiger charge is -2.05. The van der Waals surface area contributed by atoms with Crippen molar-refractivity contribution in [2.24, 2.45) is 4.99 Å². The molecule has 0 amide bonds. The van der Waals surface area contributed by atoms with Gasteiger partial charge in [-0.25, -0.2) is 8.78 Å². The summed E-state index contributed by atoms with van der Waals surface area (Å²) < 4.78 is 27.3. The first-order valence-electron chi connectivity index (χ1n) is 5.26. The summed E-state index contributed by atoms with van der Waals surface area (Å²) in [7, 11) is 0. The molecule has 0 aliphatic carbocycles. The maximum Gasteiger partial charge on any atom is 0.153 e. The van der Waals surface area contributed by atoms with Gasteiger partial charge in [-0.05, 0) is 42.4 Å². The van der Waals surface area contributed by atoms with E-state index in [1.807, 2.05) is 36.4 Å². The van der Waals surface area contributed by atoms with E-state index in [-0.39, 0.29) is 0 Å². The largest absolute Gasteiger partial charge is 0.204 e. The summed E-state index contributed by atoms with van der Waals surface area (Å²) in [6.07, 6.45) is 0. The van der Waals surface area contributed by atoms with Crippen LogP contribution in [0, 0.1) is 18.6 Å². The third-order valence-corrected chi connectivity index (χ3v) is 2.65. The first kappa shape index (κ1) is 12.6. The maximum absolute atomic E-state index is 13.6. The zero-order chi connectivity index (χ0) is 13.1. The van der Waals surface area contributed by atoms with Crippen molar-refractivity contribution in [1.82, 2.24) is 0 Å². The minimum atomic E-state index is -0.747. The molecule has 0 fully saturated rings.